The number of anilines is 1. The Balaban J connectivity index is 2.35. The summed E-state index contributed by atoms with van der Waals surface area (Å²) < 4.78 is 26.5. The quantitative estimate of drug-likeness (QED) is 0.771. The van der Waals surface area contributed by atoms with Crippen LogP contribution in [0.5, 0.6) is 0 Å². The zero-order valence-electron chi connectivity index (χ0n) is 8.58. The highest BCUT2D eigenvalue weighted by atomic mass is 19.1. The van der Waals surface area contributed by atoms with Crippen LogP contribution in [0, 0.1) is 11.6 Å². The Morgan fingerprint density at radius 1 is 0.812 bits per heavy atom. The van der Waals surface area contributed by atoms with E-state index in [2.05, 4.69) is 0 Å². The summed E-state index contributed by atoms with van der Waals surface area (Å²) in [5, 5.41) is 0. The second-order valence-corrected chi connectivity index (χ2v) is 3.58. The molecule has 0 spiro atoms. The zero-order chi connectivity index (χ0) is 11.5. The molecule has 0 saturated carbocycles. The van der Waals surface area contributed by atoms with Gasteiger partial charge in [0.25, 0.3) is 0 Å². The van der Waals surface area contributed by atoms with Gasteiger partial charge in [0.2, 0.25) is 0 Å². The minimum absolute atomic E-state index is 0.0887. The van der Waals surface area contributed by atoms with Crippen LogP contribution in [0.4, 0.5) is 14.5 Å². The second kappa shape index (κ2) is 4.31. The lowest BCUT2D eigenvalue weighted by Crippen LogP contribution is -2.00. The number of nitrogen functional groups attached to an aromatic ring is 1. The van der Waals surface area contributed by atoms with E-state index in [9.17, 15) is 8.78 Å². The molecule has 0 unspecified atom stereocenters. The molecule has 1 nitrogen and oxygen atoms in total. The summed E-state index contributed by atoms with van der Waals surface area (Å²) in [6.45, 7) is 0. The Labute approximate surface area is 92.5 Å². The van der Waals surface area contributed by atoms with Crippen LogP contribution in [0.3, 0.4) is 0 Å². The number of rotatable bonds is 2. The number of para-hydroxylation sites is 1. The third-order valence-electron chi connectivity index (χ3n) is 2.48. The Kier molecular flexibility index (Phi) is 2.86. The van der Waals surface area contributed by atoms with Gasteiger partial charge >= 0.3 is 0 Å². The van der Waals surface area contributed by atoms with Crippen LogP contribution >= 0.6 is 0 Å². The molecule has 2 aromatic carbocycles. The standard InChI is InChI=1S/C13H11F2N/c14-11-6-2-1-4-9(11)8-10-5-3-7-12(15)13(10)16/h1-7H,8,16H2. The van der Waals surface area contributed by atoms with Gasteiger partial charge in [0.05, 0.1) is 5.69 Å². The maximum Gasteiger partial charge on any atom is 0.146 e. The molecule has 0 saturated heterocycles. The Bertz CT molecular complexity index is 509. The van der Waals surface area contributed by atoms with E-state index in [1.54, 1.807) is 30.3 Å². The molecule has 82 valence electrons. The Hall–Kier alpha value is -1.90. The molecular formula is C13H11F2N. The molecule has 0 radical (unpaired) electrons. The lowest BCUT2D eigenvalue weighted by atomic mass is 10.0. The van der Waals surface area contributed by atoms with Gasteiger partial charge in [-0.3, -0.25) is 0 Å². The van der Waals surface area contributed by atoms with Crippen molar-refractivity contribution in [3.05, 3.63) is 65.2 Å². The first-order valence-electron chi connectivity index (χ1n) is 4.95. The van der Waals surface area contributed by atoms with E-state index in [0.29, 0.717) is 17.5 Å². The normalized spacial score (nSPS) is 10.4. The molecule has 0 aliphatic rings. The summed E-state index contributed by atoms with van der Waals surface area (Å²) in [6.07, 6.45) is 0.302. The minimum atomic E-state index is -0.464. The first-order chi connectivity index (χ1) is 7.68. The monoisotopic (exact) mass is 219 g/mol. The van der Waals surface area contributed by atoms with Crippen LogP contribution < -0.4 is 5.73 Å². The number of benzene rings is 2. The van der Waals surface area contributed by atoms with Crippen molar-refractivity contribution >= 4 is 5.69 Å². The lowest BCUT2D eigenvalue weighted by Gasteiger charge is -2.07. The predicted molar refractivity (Wildman–Crippen MR) is 60.0 cm³/mol. The van der Waals surface area contributed by atoms with Gasteiger partial charge in [-0.1, -0.05) is 30.3 Å². The fraction of sp³-hybridized carbons (Fsp3) is 0.0769. The average molecular weight is 219 g/mol. The van der Waals surface area contributed by atoms with E-state index < -0.39 is 5.82 Å². The first kappa shape index (κ1) is 10.6. The Morgan fingerprint density at radius 3 is 2.19 bits per heavy atom. The maximum absolute atomic E-state index is 13.4. The number of halogens is 2. The van der Waals surface area contributed by atoms with Crippen molar-refractivity contribution in [2.75, 3.05) is 5.73 Å². The number of hydrogen-bond donors (Lipinski definition) is 1. The van der Waals surface area contributed by atoms with Crippen molar-refractivity contribution in [3.63, 3.8) is 0 Å². The number of nitrogens with two attached hydrogens (primary N) is 1. The van der Waals surface area contributed by atoms with Crippen molar-refractivity contribution in [3.8, 4) is 0 Å². The van der Waals surface area contributed by atoms with Crippen LogP contribution in [-0.4, -0.2) is 0 Å². The first-order valence-corrected chi connectivity index (χ1v) is 4.95. The molecule has 0 aliphatic heterocycles. The van der Waals surface area contributed by atoms with Crippen molar-refractivity contribution in [2.24, 2.45) is 0 Å². The molecule has 2 aromatic rings. The van der Waals surface area contributed by atoms with E-state index in [1.165, 1.54) is 12.1 Å². The van der Waals surface area contributed by atoms with E-state index in [-0.39, 0.29) is 11.5 Å². The molecule has 0 aliphatic carbocycles. The van der Waals surface area contributed by atoms with Crippen molar-refractivity contribution in [1.29, 1.82) is 0 Å². The van der Waals surface area contributed by atoms with Gasteiger partial charge in [0.15, 0.2) is 0 Å². The summed E-state index contributed by atoms with van der Waals surface area (Å²) in [4.78, 5) is 0. The molecular weight excluding hydrogens is 208 g/mol. The van der Waals surface area contributed by atoms with Crippen LogP contribution in [0.25, 0.3) is 0 Å². The van der Waals surface area contributed by atoms with Gasteiger partial charge < -0.3 is 5.73 Å². The topological polar surface area (TPSA) is 26.0 Å². The second-order valence-electron chi connectivity index (χ2n) is 3.58. The van der Waals surface area contributed by atoms with Crippen molar-refractivity contribution in [2.45, 2.75) is 6.42 Å². The summed E-state index contributed by atoms with van der Waals surface area (Å²) in [5.74, 6) is -0.764. The molecule has 0 bridgehead atoms. The molecule has 2 N–H and O–H groups in total. The van der Waals surface area contributed by atoms with E-state index in [0.717, 1.165) is 0 Å². The Morgan fingerprint density at radius 2 is 1.44 bits per heavy atom. The van der Waals surface area contributed by atoms with Crippen LogP contribution in [0.15, 0.2) is 42.5 Å². The molecule has 0 heterocycles. The summed E-state index contributed by atoms with van der Waals surface area (Å²) in [7, 11) is 0. The van der Waals surface area contributed by atoms with E-state index in [4.69, 9.17) is 5.73 Å². The van der Waals surface area contributed by atoms with Crippen LogP contribution in [-0.2, 0) is 6.42 Å². The zero-order valence-corrected chi connectivity index (χ0v) is 8.58. The third kappa shape index (κ3) is 2.03. The highest BCUT2D eigenvalue weighted by Crippen LogP contribution is 2.20. The van der Waals surface area contributed by atoms with Gasteiger partial charge in [0.1, 0.15) is 11.6 Å². The summed E-state index contributed by atoms with van der Waals surface area (Å²) in [6, 6.07) is 11.0. The smallest absolute Gasteiger partial charge is 0.146 e. The maximum atomic E-state index is 13.4. The summed E-state index contributed by atoms with van der Waals surface area (Å²) >= 11 is 0. The highest BCUT2D eigenvalue weighted by molar-refractivity contribution is 5.49. The molecule has 0 fully saturated rings. The molecule has 0 aromatic heterocycles. The summed E-state index contributed by atoms with van der Waals surface area (Å²) in [5.41, 5.74) is 6.79. The van der Waals surface area contributed by atoms with Gasteiger partial charge in [-0.2, -0.15) is 0 Å². The SMILES string of the molecule is Nc1c(F)cccc1Cc1ccccc1F. The minimum Gasteiger partial charge on any atom is -0.396 e. The molecule has 3 heteroatoms. The fourth-order valence-electron chi connectivity index (χ4n) is 1.58. The highest BCUT2D eigenvalue weighted by Gasteiger charge is 2.07. The van der Waals surface area contributed by atoms with Gasteiger partial charge in [-0.25, -0.2) is 8.78 Å². The predicted octanol–water partition coefficient (Wildman–Crippen LogP) is 3.14. The van der Waals surface area contributed by atoms with E-state index in [1.807, 2.05) is 0 Å². The molecule has 2 rings (SSSR count). The van der Waals surface area contributed by atoms with Crippen LogP contribution in [0.1, 0.15) is 11.1 Å². The van der Waals surface area contributed by atoms with Gasteiger partial charge in [-0.15, -0.1) is 0 Å². The molecule has 16 heavy (non-hydrogen) atoms. The third-order valence-corrected chi connectivity index (χ3v) is 2.48. The van der Waals surface area contributed by atoms with Gasteiger partial charge in [0, 0.05) is 6.42 Å². The van der Waals surface area contributed by atoms with Crippen LogP contribution in [0.2, 0.25) is 0 Å². The largest absolute Gasteiger partial charge is 0.396 e. The molecule has 0 amide bonds. The average Bonchev–Trinajstić information content (AvgIpc) is 2.28. The van der Waals surface area contributed by atoms with Crippen molar-refractivity contribution < 1.29 is 8.78 Å². The molecule has 0 atom stereocenters. The van der Waals surface area contributed by atoms with Gasteiger partial charge in [-0.05, 0) is 23.3 Å². The lowest BCUT2D eigenvalue weighted by molar-refractivity contribution is 0.612. The fourth-order valence-corrected chi connectivity index (χ4v) is 1.58. The van der Waals surface area contributed by atoms with E-state index >= 15 is 0 Å². The van der Waals surface area contributed by atoms with Crippen molar-refractivity contribution in [1.82, 2.24) is 0 Å². The number of hydrogen-bond acceptors (Lipinski definition) is 1.